The summed E-state index contributed by atoms with van der Waals surface area (Å²) in [7, 11) is 0. The fourth-order valence-electron chi connectivity index (χ4n) is 3.04. The van der Waals surface area contributed by atoms with Gasteiger partial charge in [0, 0.05) is 12.0 Å². The molecule has 102 valence electrons. The van der Waals surface area contributed by atoms with Crippen molar-refractivity contribution < 1.29 is 0 Å². The molecule has 2 aromatic rings. The molecule has 1 fully saturated rings. The van der Waals surface area contributed by atoms with Gasteiger partial charge in [-0.2, -0.15) is 9.61 Å². The van der Waals surface area contributed by atoms with Crippen LogP contribution < -0.4 is 5.73 Å². The number of rotatable bonds is 2. The fourth-order valence-corrected chi connectivity index (χ4v) is 3.04. The lowest BCUT2D eigenvalue weighted by molar-refractivity contribution is 0.233. The molecule has 0 aliphatic heterocycles. The van der Waals surface area contributed by atoms with Crippen LogP contribution >= 0.6 is 0 Å². The first-order valence-electron chi connectivity index (χ1n) is 7.04. The molecule has 0 radical (unpaired) electrons. The number of hydrogen-bond acceptors (Lipinski definition) is 4. The smallest absolute Gasteiger partial charge is 0.177 e. The topological polar surface area (TPSA) is 69.1 Å². The van der Waals surface area contributed by atoms with Gasteiger partial charge in [0.05, 0.1) is 5.69 Å². The molecule has 19 heavy (non-hydrogen) atoms. The third-order valence-corrected chi connectivity index (χ3v) is 4.49. The van der Waals surface area contributed by atoms with Gasteiger partial charge >= 0.3 is 0 Å². The molecule has 5 nitrogen and oxygen atoms in total. The highest BCUT2D eigenvalue weighted by molar-refractivity contribution is 5.37. The highest BCUT2D eigenvalue weighted by Gasteiger charge is 2.39. The van der Waals surface area contributed by atoms with Crippen molar-refractivity contribution in [1.82, 2.24) is 19.8 Å². The Hall–Kier alpha value is -1.49. The van der Waals surface area contributed by atoms with Gasteiger partial charge < -0.3 is 5.73 Å². The number of nitrogens with two attached hydrogens (primary N) is 1. The fraction of sp³-hybridized carbons (Fsp3) is 0.643. The maximum atomic E-state index is 6.10. The molecule has 5 heteroatoms. The molecule has 2 heterocycles. The number of aryl methyl sites for hydroxylation is 1. The van der Waals surface area contributed by atoms with E-state index in [1.807, 2.05) is 23.6 Å². The van der Waals surface area contributed by atoms with E-state index in [1.165, 1.54) is 12.8 Å². The minimum absolute atomic E-state index is 0.0489. The van der Waals surface area contributed by atoms with Crippen LogP contribution in [0.15, 0.2) is 12.1 Å². The second-order valence-corrected chi connectivity index (χ2v) is 5.94. The van der Waals surface area contributed by atoms with Crippen molar-refractivity contribution in [2.24, 2.45) is 11.7 Å². The molecular weight excluding hydrogens is 238 g/mol. The summed E-state index contributed by atoms with van der Waals surface area (Å²) in [5, 5.41) is 13.2. The second-order valence-electron chi connectivity index (χ2n) is 5.94. The zero-order chi connectivity index (χ0) is 13.5. The normalized spacial score (nSPS) is 27.8. The molecule has 3 rings (SSSR count). The highest BCUT2D eigenvalue weighted by atomic mass is 15.4. The summed E-state index contributed by atoms with van der Waals surface area (Å²) in [6.45, 7) is 4.92. The van der Waals surface area contributed by atoms with Crippen molar-refractivity contribution in [3.05, 3.63) is 23.7 Å². The standard InChI is InChI=1S/C14H21N5/c1-10-5-7-14(9-15,8-6-10)13-17-16-12-4-3-11(2)18-19(12)13/h3-4,10H,5-9,15H2,1-2H3. The molecule has 0 spiro atoms. The van der Waals surface area contributed by atoms with Crippen LogP contribution in [-0.2, 0) is 5.41 Å². The molecule has 1 aliphatic rings. The predicted molar refractivity (Wildman–Crippen MR) is 73.9 cm³/mol. The Morgan fingerprint density at radius 2 is 2.05 bits per heavy atom. The lowest BCUT2D eigenvalue weighted by Gasteiger charge is -2.36. The van der Waals surface area contributed by atoms with Gasteiger partial charge in [-0.15, -0.1) is 10.2 Å². The summed E-state index contributed by atoms with van der Waals surface area (Å²) in [5.74, 6) is 1.73. The number of aromatic nitrogens is 4. The zero-order valence-corrected chi connectivity index (χ0v) is 11.6. The molecule has 0 atom stereocenters. The molecule has 2 aromatic heterocycles. The first-order chi connectivity index (χ1) is 9.14. The molecule has 0 bridgehead atoms. The highest BCUT2D eigenvalue weighted by Crippen LogP contribution is 2.39. The number of fused-ring (bicyclic) bond motifs is 1. The summed E-state index contributed by atoms with van der Waals surface area (Å²) in [6, 6.07) is 3.93. The van der Waals surface area contributed by atoms with E-state index in [2.05, 4.69) is 22.2 Å². The van der Waals surface area contributed by atoms with Gasteiger partial charge in [-0.25, -0.2) is 0 Å². The van der Waals surface area contributed by atoms with Crippen molar-refractivity contribution in [3.63, 3.8) is 0 Å². The molecule has 1 aliphatic carbocycles. The zero-order valence-electron chi connectivity index (χ0n) is 11.6. The summed E-state index contributed by atoms with van der Waals surface area (Å²) in [4.78, 5) is 0. The van der Waals surface area contributed by atoms with Crippen LogP contribution in [-0.4, -0.2) is 26.4 Å². The first kappa shape index (κ1) is 12.5. The van der Waals surface area contributed by atoms with E-state index in [9.17, 15) is 0 Å². The molecule has 0 aromatic carbocycles. The van der Waals surface area contributed by atoms with Crippen LogP contribution in [0.4, 0.5) is 0 Å². The van der Waals surface area contributed by atoms with Crippen molar-refractivity contribution in [1.29, 1.82) is 0 Å². The number of nitrogens with zero attached hydrogens (tertiary/aromatic N) is 4. The van der Waals surface area contributed by atoms with Crippen molar-refractivity contribution >= 4 is 5.65 Å². The van der Waals surface area contributed by atoms with Crippen LogP contribution in [0.25, 0.3) is 5.65 Å². The van der Waals surface area contributed by atoms with Crippen molar-refractivity contribution in [2.45, 2.75) is 44.9 Å². The molecule has 0 unspecified atom stereocenters. The summed E-state index contributed by atoms with van der Waals surface area (Å²) < 4.78 is 1.89. The van der Waals surface area contributed by atoms with E-state index in [-0.39, 0.29) is 5.41 Å². The largest absolute Gasteiger partial charge is 0.329 e. The average Bonchev–Trinajstić information content (AvgIpc) is 2.84. The van der Waals surface area contributed by atoms with Crippen LogP contribution in [0.3, 0.4) is 0 Å². The van der Waals surface area contributed by atoms with Gasteiger partial charge in [-0.3, -0.25) is 0 Å². The molecule has 2 N–H and O–H groups in total. The summed E-state index contributed by atoms with van der Waals surface area (Å²) in [6.07, 6.45) is 4.58. The second kappa shape index (κ2) is 4.56. The van der Waals surface area contributed by atoms with E-state index in [0.29, 0.717) is 6.54 Å². The number of hydrogen-bond donors (Lipinski definition) is 1. The average molecular weight is 259 g/mol. The third-order valence-electron chi connectivity index (χ3n) is 4.49. The maximum absolute atomic E-state index is 6.10. The maximum Gasteiger partial charge on any atom is 0.177 e. The SMILES string of the molecule is Cc1ccc2nnc(C3(CN)CCC(C)CC3)n2n1. The molecule has 0 saturated heterocycles. The van der Waals surface area contributed by atoms with Crippen LogP contribution in [0.1, 0.15) is 44.1 Å². The van der Waals surface area contributed by atoms with Gasteiger partial charge in [-0.1, -0.05) is 6.92 Å². The monoisotopic (exact) mass is 259 g/mol. The molecule has 0 amide bonds. The molecule has 1 saturated carbocycles. The van der Waals surface area contributed by atoms with E-state index in [0.717, 1.165) is 35.9 Å². The lowest BCUT2D eigenvalue weighted by Crippen LogP contribution is -2.40. The van der Waals surface area contributed by atoms with Crippen molar-refractivity contribution in [2.75, 3.05) is 6.54 Å². The Balaban J connectivity index is 2.08. The van der Waals surface area contributed by atoms with Crippen LogP contribution in [0.2, 0.25) is 0 Å². The Bertz CT molecular complexity index is 581. The van der Waals surface area contributed by atoms with Gasteiger partial charge in [0.2, 0.25) is 0 Å². The third kappa shape index (κ3) is 2.02. The minimum Gasteiger partial charge on any atom is -0.329 e. The van der Waals surface area contributed by atoms with Gasteiger partial charge in [0.1, 0.15) is 0 Å². The van der Waals surface area contributed by atoms with Crippen LogP contribution in [0, 0.1) is 12.8 Å². The van der Waals surface area contributed by atoms with Gasteiger partial charge in [0.15, 0.2) is 11.5 Å². The Morgan fingerprint density at radius 1 is 1.32 bits per heavy atom. The Labute approximate surface area is 113 Å². The predicted octanol–water partition coefficient (Wildman–Crippen LogP) is 1.84. The lowest BCUT2D eigenvalue weighted by atomic mass is 9.70. The van der Waals surface area contributed by atoms with Crippen molar-refractivity contribution in [3.8, 4) is 0 Å². The van der Waals surface area contributed by atoms with E-state index >= 15 is 0 Å². The summed E-state index contributed by atoms with van der Waals surface area (Å²) >= 11 is 0. The Kier molecular flexibility index (Phi) is 3.01. The van der Waals surface area contributed by atoms with E-state index < -0.39 is 0 Å². The van der Waals surface area contributed by atoms with Gasteiger partial charge in [0.25, 0.3) is 0 Å². The van der Waals surface area contributed by atoms with Crippen LogP contribution in [0.5, 0.6) is 0 Å². The van der Waals surface area contributed by atoms with E-state index in [1.54, 1.807) is 0 Å². The first-order valence-corrected chi connectivity index (χ1v) is 7.04. The summed E-state index contributed by atoms with van der Waals surface area (Å²) in [5.41, 5.74) is 7.84. The quantitative estimate of drug-likeness (QED) is 0.893. The molecular formula is C14H21N5. The minimum atomic E-state index is -0.0489. The van der Waals surface area contributed by atoms with E-state index in [4.69, 9.17) is 5.73 Å². The van der Waals surface area contributed by atoms with Gasteiger partial charge in [-0.05, 0) is 50.7 Å². The Morgan fingerprint density at radius 3 is 2.74 bits per heavy atom.